The minimum Gasteiger partial charge on any atom is -0.423 e. The van der Waals surface area contributed by atoms with Gasteiger partial charge in [0.2, 0.25) is 5.91 Å². The van der Waals surface area contributed by atoms with Crippen molar-refractivity contribution >= 4 is 28.3 Å². The van der Waals surface area contributed by atoms with Crippen molar-refractivity contribution in [3.05, 3.63) is 69.6 Å². The number of amides is 1. The molecule has 0 saturated carbocycles. The van der Waals surface area contributed by atoms with Crippen LogP contribution < -0.4 is 16.3 Å². The Labute approximate surface area is 158 Å². The second-order valence-electron chi connectivity index (χ2n) is 7.06. The van der Waals surface area contributed by atoms with Gasteiger partial charge in [-0.15, -0.1) is 0 Å². The average Bonchev–Trinajstić information content (AvgIpc) is 2.59. The predicted octanol–water partition coefficient (Wildman–Crippen LogP) is 4.80. The zero-order valence-electron chi connectivity index (χ0n) is 16.1. The summed E-state index contributed by atoms with van der Waals surface area (Å²) in [6.07, 6.45) is 0. The highest BCUT2D eigenvalue weighted by Crippen LogP contribution is 2.27. The summed E-state index contributed by atoms with van der Waals surface area (Å²) in [5.41, 5.74) is 5.18. The first kappa shape index (κ1) is 18.7. The lowest BCUT2D eigenvalue weighted by Gasteiger charge is -2.14. The van der Waals surface area contributed by atoms with Crippen LogP contribution in [0, 0.1) is 6.92 Å². The zero-order chi connectivity index (χ0) is 19.6. The molecule has 0 aliphatic carbocycles. The van der Waals surface area contributed by atoms with Gasteiger partial charge in [0.05, 0.1) is 0 Å². The van der Waals surface area contributed by atoms with E-state index in [0.29, 0.717) is 18.0 Å². The number of hydrogen-bond acceptors (Lipinski definition) is 4. The number of hydrogen-bond donors (Lipinski definition) is 2. The first-order valence-electron chi connectivity index (χ1n) is 9.02. The van der Waals surface area contributed by atoms with Crippen LogP contribution >= 0.6 is 0 Å². The Morgan fingerprint density at radius 3 is 2.37 bits per heavy atom. The Balaban J connectivity index is 1.88. The van der Waals surface area contributed by atoms with Crippen LogP contribution in [0.4, 0.5) is 11.4 Å². The summed E-state index contributed by atoms with van der Waals surface area (Å²) in [6, 6.07) is 13.1. The van der Waals surface area contributed by atoms with Crippen molar-refractivity contribution in [1.29, 1.82) is 0 Å². The number of nitrogens with one attached hydrogen (secondary N) is 2. The summed E-state index contributed by atoms with van der Waals surface area (Å²) < 4.78 is 5.40. The molecule has 1 heterocycles. The highest BCUT2D eigenvalue weighted by atomic mass is 16.4. The molecule has 0 spiro atoms. The molecule has 3 aromatic rings. The van der Waals surface area contributed by atoms with Gasteiger partial charge in [-0.25, -0.2) is 4.79 Å². The third-order valence-electron chi connectivity index (χ3n) is 4.53. The number of aryl methyl sites for hydroxylation is 1. The van der Waals surface area contributed by atoms with Crippen LogP contribution in [0.25, 0.3) is 11.0 Å². The fourth-order valence-corrected chi connectivity index (χ4v) is 3.23. The molecule has 2 aromatic carbocycles. The molecule has 5 heteroatoms. The first-order chi connectivity index (χ1) is 12.8. The maximum atomic E-state index is 12.0. The van der Waals surface area contributed by atoms with Gasteiger partial charge in [-0.2, -0.15) is 0 Å². The molecule has 5 nitrogen and oxygen atoms in total. The topological polar surface area (TPSA) is 71.3 Å². The van der Waals surface area contributed by atoms with Gasteiger partial charge in [0.25, 0.3) is 0 Å². The third kappa shape index (κ3) is 4.37. The van der Waals surface area contributed by atoms with Gasteiger partial charge < -0.3 is 15.1 Å². The number of benzene rings is 2. The smallest absolute Gasteiger partial charge is 0.336 e. The lowest BCUT2D eigenvalue weighted by Crippen LogP contribution is -2.07. The van der Waals surface area contributed by atoms with E-state index < -0.39 is 0 Å². The third-order valence-corrected chi connectivity index (χ3v) is 4.53. The second kappa shape index (κ2) is 7.66. The fraction of sp³-hybridized carbons (Fsp3) is 0.273. The number of carbonyl (C=O) groups is 1. The molecule has 2 N–H and O–H groups in total. The average molecular weight is 364 g/mol. The van der Waals surface area contributed by atoms with Crippen molar-refractivity contribution in [2.24, 2.45) is 0 Å². The number of rotatable bonds is 5. The second-order valence-corrected chi connectivity index (χ2v) is 7.06. The van der Waals surface area contributed by atoms with E-state index in [0.717, 1.165) is 27.9 Å². The summed E-state index contributed by atoms with van der Waals surface area (Å²) in [6.45, 7) is 8.33. The number of anilines is 2. The lowest BCUT2D eigenvalue weighted by atomic mass is 9.95. The van der Waals surface area contributed by atoms with Crippen LogP contribution in [0.5, 0.6) is 0 Å². The van der Waals surface area contributed by atoms with Crippen molar-refractivity contribution in [2.45, 2.75) is 40.2 Å². The van der Waals surface area contributed by atoms with Crippen LogP contribution in [0.15, 0.2) is 51.7 Å². The van der Waals surface area contributed by atoms with Crippen molar-refractivity contribution in [1.82, 2.24) is 0 Å². The highest BCUT2D eigenvalue weighted by molar-refractivity contribution is 5.88. The van der Waals surface area contributed by atoms with Gasteiger partial charge in [-0.05, 0) is 65.9 Å². The van der Waals surface area contributed by atoms with Crippen LogP contribution in [-0.2, 0) is 11.3 Å². The zero-order valence-corrected chi connectivity index (χ0v) is 16.1. The lowest BCUT2D eigenvalue weighted by molar-refractivity contribution is -0.114. The molecule has 0 unspecified atom stereocenters. The molecular weight excluding hydrogens is 340 g/mol. The summed E-state index contributed by atoms with van der Waals surface area (Å²) in [5.74, 6) is 0.290. The molecule has 0 saturated heterocycles. The first-order valence-corrected chi connectivity index (χ1v) is 9.02. The number of carbonyl (C=O) groups excluding carboxylic acids is 1. The molecule has 27 heavy (non-hydrogen) atoms. The largest absolute Gasteiger partial charge is 0.423 e. The van der Waals surface area contributed by atoms with Gasteiger partial charge in [0.1, 0.15) is 5.58 Å². The van der Waals surface area contributed by atoms with Crippen LogP contribution in [-0.4, -0.2) is 5.91 Å². The quantitative estimate of drug-likeness (QED) is 0.638. The van der Waals surface area contributed by atoms with Gasteiger partial charge in [-0.3, -0.25) is 4.79 Å². The van der Waals surface area contributed by atoms with Crippen LogP contribution in [0.1, 0.15) is 43.4 Å². The van der Waals surface area contributed by atoms with E-state index in [4.69, 9.17) is 4.42 Å². The van der Waals surface area contributed by atoms with Gasteiger partial charge >= 0.3 is 5.63 Å². The number of fused-ring (bicyclic) bond motifs is 1. The molecule has 1 amide bonds. The molecular formula is C22H24N2O3. The van der Waals surface area contributed by atoms with E-state index in [1.807, 2.05) is 37.3 Å². The maximum Gasteiger partial charge on any atom is 0.336 e. The molecule has 140 valence electrons. The molecule has 1 aromatic heterocycles. The van der Waals surface area contributed by atoms with Gasteiger partial charge in [0.15, 0.2) is 0 Å². The van der Waals surface area contributed by atoms with Crippen molar-refractivity contribution < 1.29 is 9.21 Å². The normalized spacial score (nSPS) is 11.0. The molecule has 0 bridgehead atoms. The van der Waals surface area contributed by atoms with E-state index in [9.17, 15) is 9.59 Å². The summed E-state index contributed by atoms with van der Waals surface area (Å²) in [7, 11) is 0. The summed E-state index contributed by atoms with van der Waals surface area (Å²) >= 11 is 0. The van der Waals surface area contributed by atoms with E-state index in [2.05, 4.69) is 30.5 Å². The Kier molecular flexibility index (Phi) is 5.31. The fourth-order valence-electron chi connectivity index (χ4n) is 3.23. The van der Waals surface area contributed by atoms with Crippen molar-refractivity contribution in [3.8, 4) is 0 Å². The Morgan fingerprint density at radius 2 is 1.74 bits per heavy atom. The Bertz CT molecular complexity index is 1030. The molecule has 0 aliphatic heterocycles. The molecule has 3 rings (SSSR count). The van der Waals surface area contributed by atoms with E-state index >= 15 is 0 Å². The summed E-state index contributed by atoms with van der Waals surface area (Å²) in [5, 5.41) is 7.02. The highest BCUT2D eigenvalue weighted by Gasteiger charge is 2.11. The Morgan fingerprint density at radius 1 is 1.07 bits per heavy atom. The van der Waals surface area contributed by atoms with Crippen molar-refractivity contribution in [2.75, 3.05) is 10.6 Å². The van der Waals surface area contributed by atoms with Crippen LogP contribution in [0.2, 0.25) is 0 Å². The standard InChI is InChI=1S/C22H24N2O3/c1-13(2)19-11-20-16(10-22(26)27-21(20)9-14(19)3)12-23-17-5-7-18(8-6-17)24-15(4)25/h5-11,13,23H,12H2,1-4H3,(H,24,25). The predicted molar refractivity (Wildman–Crippen MR) is 109 cm³/mol. The summed E-state index contributed by atoms with van der Waals surface area (Å²) in [4.78, 5) is 23.1. The minimum atomic E-state index is -0.350. The van der Waals surface area contributed by atoms with Gasteiger partial charge in [0, 0.05) is 36.3 Å². The van der Waals surface area contributed by atoms with Gasteiger partial charge in [-0.1, -0.05) is 13.8 Å². The molecule has 0 aliphatic rings. The van der Waals surface area contributed by atoms with Crippen LogP contribution in [0.3, 0.4) is 0 Å². The molecule has 0 radical (unpaired) electrons. The van der Waals surface area contributed by atoms with E-state index in [1.165, 1.54) is 12.5 Å². The Hall–Kier alpha value is -3.08. The molecule has 0 fully saturated rings. The maximum absolute atomic E-state index is 12.0. The van der Waals surface area contributed by atoms with Crippen molar-refractivity contribution in [3.63, 3.8) is 0 Å². The van der Waals surface area contributed by atoms with E-state index in [1.54, 1.807) is 6.07 Å². The SMILES string of the molecule is CC(=O)Nc1ccc(NCc2cc(=O)oc3cc(C)c(C(C)C)cc23)cc1. The monoisotopic (exact) mass is 364 g/mol. The minimum absolute atomic E-state index is 0.102. The molecule has 0 atom stereocenters. The van der Waals surface area contributed by atoms with E-state index in [-0.39, 0.29) is 11.5 Å².